The van der Waals surface area contributed by atoms with E-state index in [0.29, 0.717) is 44.0 Å². The van der Waals surface area contributed by atoms with Gasteiger partial charge in [-0.25, -0.2) is 17.8 Å². The SMILES string of the molecule is CS(=O)(=O)c1ccc(-n2c(-c3ccc(F)cc3)nc(N3CCOCC3)c(NC=O)c2=O)cc1. The van der Waals surface area contributed by atoms with Crippen LogP contribution in [0.15, 0.2) is 58.2 Å². The summed E-state index contributed by atoms with van der Waals surface area (Å²) in [7, 11) is -3.44. The lowest BCUT2D eigenvalue weighted by atomic mass is 10.2. The van der Waals surface area contributed by atoms with Gasteiger partial charge in [0.25, 0.3) is 5.56 Å². The van der Waals surface area contributed by atoms with Gasteiger partial charge in [-0.1, -0.05) is 0 Å². The second kappa shape index (κ2) is 9.12. The number of sulfone groups is 1. The van der Waals surface area contributed by atoms with Crippen LogP contribution >= 0.6 is 0 Å². The van der Waals surface area contributed by atoms with Crippen LogP contribution in [-0.2, 0) is 19.4 Å². The first-order chi connectivity index (χ1) is 15.8. The molecule has 0 unspecified atom stereocenters. The molecule has 0 atom stereocenters. The van der Waals surface area contributed by atoms with Gasteiger partial charge in [0.2, 0.25) is 6.41 Å². The highest BCUT2D eigenvalue weighted by Gasteiger charge is 2.24. The number of amides is 1. The predicted octanol–water partition coefficient (Wildman–Crippen LogP) is 1.85. The molecule has 33 heavy (non-hydrogen) atoms. The molecule has 1 fully saturated rings. The largest absolute Gasteiger partial charge is 0.378 e. The third kappa shape index (κ3) is 4.64. The number of rotatable bonds is 6. The summed E-state index contributed by atoms with van der Waals surface area (Å²) < 4.78 is 43.9. The monoisotopic (exact) mass is 472 g/mol. The molecule has 1 aliphatic rings. The van der Waals surface area contributed by atoms with Crippen LogP contribution in [0.1, 0.15) is 0 Å². The molecule has 1 N–H and O–H groups in total. The number of aromatic nitrogens is 2. The van der Waals surface area contributed by atoms with Gasteiger partial charge in [0.15, 0.2) is 21.3 Å². The van der Waals surface area contributed by atoms with Crippen LogP contribution in [0, 0.1) is 5.82 Å². The molecule has 172 valence electrons. The van der Waals surface area contributed by atoms with Gasteiger partial charge in [0.05, 0.1) is 23.8 Å². The summed E-state index contributed by atoms with van der Waals surface area (Å²) in [6, 6.07) is 11.2. The number of nitrogens with zero attached hydrogens (tertiary/aromatic N) is 3. The zero-order valence-corrected chi connectivity index (χ0v) is 18.5. The summed E-state index contributed by atoms with van der Waals surface area (Å²) in [5, 5.41) is 2.46. The molecule has 0 saturated carbocycles. The van der Waals surface area contributed by atoms with Crippen molar-refractivity contribution in [1.82, 2.24) is 9.55 Å². The average Bonchev–Trinajstić information content (AvgIpc) is 2.81. The Balaban J connectivity index is 1.99. The van der Waals surface area contributed by atoms with Gasteiger partial charge in [-0.15, -0.1) is 0 Å². The molecule has 1 aromatic heterocycles. The van der Waals surface area contributed by atoms with Crippen molar-refractivity contribution in [2.24, 2.45) is 0 Å². The van der Waals surface area contributed by atoms with Crippen LogP contribution in [0.3, 0.4) is 0 Å². The number of halogens is 1. The van der Waals surface area contributed by atoms with E-state index < -0.39 is 21.2 Å². The first-order valence-corrected chi connectivity index (χ1v) is 11.9. The maximum absolute atomic E-state index is 13.6. The molecule has 2 heterocycles. The van der Waals surface area contributed by atoms with Gasteiger partial charge in [0.1, 0.15) is 11.6 Å². The number of benzene rings is 2. The molecular weight excluding hydrogens is 451 g/mol. The van der Waals surface area contributed by atoms with Crippen LogP contribution in [0.4, 0.5) is 15.9 Å². The highest BCUT2D eigenvalue weighted by molar-refractivity contribution is 7.90. The molecule has 0 aliphatic carbocycles. The molecule has 3 aromatic rings. The number of carbonyl (C=O) groups excluding carboxylic acids is 1. The Kier molecular flexibility index (Phi) is 6.25. The van der Waals surface area contributed by atoms with Crippen molar-refractivity contribution in [2.75, 3.05) is 42.8 Å². The zero-order valence-electron chi connectivity index (χ0n) is 17.7. The van der Waals surface area contributed by atoms with Crippen molar-refractivity contribution in [3.05, 3.63) is 64.7 Å². The topological polar surface area (TPSA) is 111 Å². The van der Waals surface area contributed by atoms with Gasteiger partial charge >= 0.3 is 0 Å². The quantitative estimate of drug-likeness (QED) is 0.545. The lowest BCUT2D eigenvalue weighted by molar-refractivity contribution is -0.105. The molecule has 11 heteroatoms. The van der Waals surface area contributed by atoms with Crippen LogP contribution < -0.4 is 15.8 Å². The van der Waals surface area contributed by atoms with Crippen molar-refractivity contribution >= 4 is 27.8 Å². The second-order valence-electron chi connectivity index (χ2n) is 7.41. The zero-order chi connectivity index (χ0) is 23.6. The van der Waals surface area contributed by atoms with Crippen LogP contribution in [0.5, 0.6) is 0 Å². The molecule has 4 rings (SSSR count). The number of hydrogen-bond acceptors (Lipinski definition) is 7. The summed E-state index contributed by atoms with van der Waals surface area (Å²) in [4.78, 5) is 31.6. The number of carbonyl (C=O) groups is 1. The van der Waals surface area contributed by atoms with Gasteiger partial charge in [-0.05, 0) is 48.5 Å². The van der Waals surface area contributed by atoms with E-state index in [1.165, 1.54) is 53.1 Å². The minimum absolute atomic E-state index is 0.0232. The number of ether oxygens (including phenoxy) is 1. The summed E-state index contributed by atoms with van der Waals surface area (Å²) in [6.45, 7) is 1.81. The summed E-state index contributed by atoms with van der Waals surface area (Å²) in [5.74, 6) is 0.0431. The fourth-order valence-electron chi connectivity index (χ4n) is 3.57. The summed E-state index contributed by atoms with van der Waals surface area (Å²) in [6.07, 6.45) is 1.49. The molecule has 2 aromatic carbocycles. The van der Waals surface area contributed by atoms with E-state index in [0.717, 1.165) is 6.26 Å². The lowest BCUT2D eigenvalue weighted by Crippen LogP contribution is -2.39. The fourth-order valence-corrected chi connectivity index (χ4v) is 4.20. The maximum atomic E-state index is 13.6. The molecule has 0 bridgehead atoms. The Morgan fingerprint density at radius 1 is 1.06 bits per heavy atom. The Bertz CT molecular complexity index is 1330. The van der Waals surface area contributed by atoms with E-state index in [2.05, 4.69) is 5.32 Å². The minimum Gasteiger partial charge on any atom is -0.378 e. The Labute approximate surface area is 189 Å². The van der Waals surface area contributed by atoms with E-state index >= 15 is 0 Å². The molecule has 0 spiro atoms. The number of morpholine rings is 1. The van der Waals surface area contributed by atoms with Gasteiger partial charge in [0, 0.05) is 24.9 Å². The van der Waals surface area contributed by atoms with Gasteiger partial charge in [-0.2, -0.15) is 0 Å². The average molecular weight is 472 g/mol. The Morgan fingerprint density at radius 2 is 1.70 bits per heavy atom. The smallest absolute Gasteiger partial charge is 0.284 e. The molecule has 1 saturated heterocycles. The second-order valence-corrected chi connectivity index (χ2v) is 9.42. The van der Waals surface area contributed by atoms with Crippen molar-refractivity contribution in [1.29, 1.82) is 0 Å². The molecule has 1 aliphatic heterocycles. The number of anilines is 2. The van der Waals surface area contributed by atoms with Crippen LogP contribution in [-0.4, -0.2) is 56.9 Å². The van der Waals surface area contributed by atoms with Gasteiger partial charge in [-0.3, -0.25) is 14.2 Å². The standard InChI is InChI=1S/C22H21FN4O5S/c1-33(30,31)18-8-6-17(7-9-18)27-20(15-2-4-16(23)5-3-15)25-21(19(22(27)29)24-14-28)26-10-12-32-13-11-26/h2-9,14H,10-13H2,1H3,(H,24,28). The third-order valence-corrected chi connectivity index (χ3v) is 6.33. The molecule has 9 nitrogen and oxygen atoms in total. The Hall–Kier alpha value is -3.57. The van der Waals surface area contributed by atoms with E-state index in [1.807, 2.05) is 4.90 Å². The highest BCUT2D eigenvalue weighted by Crippen LogP contribution is 2.28. The van der Waals surface area contributed by atoms with E-state index in [-0.39, 0.29) is 22.2 Å². The normalized spacial score (nSPS) is 14.2. The molecular formula is C22H21FN4O5S. The van der Waals surface area contributed by atoms with Crippen LogP contribution in [0.2, 0.25) is 0 Å². The van der Waals surface area contributed by atoms with E-state index in [4.69, 9.17) is 9.72 Å². The minimum atomic E-state index is -3.44. The van der Waals surface area contributed by atoms with Crippen LogP contribution in [0.25, 0.3) is 17.1 Å². The first kappa shape index (κ1) is 22.6. The summed E-state index contributed by atoms with van der Waals surface area (Å²) in [5.41, 5.74) is 0.213. The third-order valence-electron chi connectivity index (χ3n) is 5.20. The maximum Gasteiger partial charge on any atom is 0.284 e. The number of hydrogen-bond donors (Lipinski definition) is 1. The van der Waals surface area contributed by atoms with Crippen molar-refractivity contribution in [3.63, 3.8) is 0 Å². The van der Waals surface area contributed by atoms with E-state index in [9.17, 15) is 22.4 Å². The summed E-state index contributed by atoms with van der Waals surface area (Å²) >= 11 is 0. The van der Waals surface area contributed by atoms with Crippen molar-refractivity contribution in [2.45, 2.75) is 4.90 Å². The predicted molar refractivity (Wildman–Crippen MR) is 121 cm³/mol. The van der Waals surface area contributed by atoms with E-state index in [1.54, 1.807) is 0 Å². The molecule has 1 amide bonds. The van der Waals surface area contributed by atoms with Crippen molar-refractivity contribution in [3.8, 4) is 17.1 Å². The molecule has 0 radical (unpaired) electrons. The van der Waals surface area contributed by atoms with Gasteiger partial charge < -0.3 is 15.0 Å². The fraction of sp³-hybridized carbons (Fsp3) is 0.227. The Morgan fingerprint density at radius 3 is 2.27 bits per heavy atom. The lowest BCUT2D eigenvalue weighted by Gasteiger charge is -2.30. The first-order valence-electron chi connectivity index (χ1n) is 10.1. The number of nitrogens with one attached hydrogen (secondary N) is 1. The highest BCUT2D eigenvalue weighted by atomic mass is 32.2. The van der Waals surface area contributed by atoms with Crippen molar-refractivity contribution < 1.29 is 22.3 Å².